The maximum absolute atomic E-state index is 6.01. The zero-order chi connectivity index (χ0) is 12.5. The third kappa shape index (κ3) is 2.25. The van der Waals surface area contributed by atoms with E-state index in [2.05, 4.69) is 42.3 Å². The van der Waals surface area contributed by atoms with Crippen LogP contribution in [0.4, 0.5) is 0 Å². The Morgan fingerprint density at radius 1 is 1.33 bits per heavy atom. The number of nitrogens with one attached hydrogen (secondary N) is 1. The SMILES string of the molecule is CC(C)N1CC(COc2cccc3c2CNC3)C1. The first-order valence-electron chi connectivity index (χ1n) is 6.92. The van der Waals surface area contributed by atoms with Gasteiger partial charge in [0.05, 0.1) is 6.61 Å². The van der Waals surface area contributed by atoms with Gasteiger partial charge in [-0.25, -0.2) is 0 Å². The molecule has 0 atom stereocenters. The van der Waals surface area contributed by atoms with Crippen LogP contribution in [0.25, 0.3) is 0 Å². The van der Waals surface area contributed by atoms with Crippen molar-refractivity contribution < 1.29 is 4.74 Å². The summed E-state index contributed by atoms with van der Waals surface area (Å²) in [7, 11) is 0. The third-order valence-corrected chi connectivity index (χ3v) is 4.04. The molecule has 0 unspecified atom stereocenters. The highest BCUT2D eigenvalue weighted by Crippen LogP contribution is 2.27. The quantitative estimate of drug-likeness (QED) is 0.879. The number of hydrogen-bond donors (Lipinski definition) is 1. The van der Waals surface area contributed by atoms with Gasteiger partial charge >= 0.3 is 0 Å². The molecule has 0 saturated carbocycles. The lowest BCUT2D eigenvalue weighted by Crippen LogP contribution is -2.52. The van der Waals surface area contributed by atoms with E-state index in [1.54, 1.807) is 0 Å². The monoisotopic (exact) mass is 246 g/mol. The van der Waals surface area contributed by atoms with Crippen molar-refractivity contribution in [2.45, 2.75) is 33.0 Å². The van der Waals surface area contributed by atoms with Gasteiger partial charge in [-0.15, -0.1) is 0 Å². The Morgan fingerprint density at radius 2 is 2.17 bits per heavy atom. The Labute approximate surface area is 109 Å². The van der Waals surface area contributed by atoms with Crippen LogP contribution in [-0.2, 0) is 13.1 Å². The maximum Gasteiger partial charge on any atom is 0.124 e. The van der Waals surface area contributed by atoms with Gasteiger partial charge in [-0.05, 0) is 25.5 Å². The minimum absolute atomic E-state index is 0.673. The average molecular weight is 246 g/mol. The predicted octanol–water partition coefficient (Wildman–Crippen LogP) is 2.01. The number of ether oxygens (including phenoxy) is 1. The lowest BCUT2D eigenvalue weighted by Gasteiger charge is -2.41. The van der Waals surface area contributed by atoms with Crippen molar-refractivity contribution in [3.63, 3.8) is 0 Å². The lowest BCUT2D eigenvalue weighted by atomic mass is 9.99. The molecule has 1 N–H and O–H groups in total. The zero-order valence-corrected chi connectivity index (χ0v) is 11.3. The van der Waals surface area contributed by atoms with E-state index in [0.29, 0.717) is 12.0 Å². The number of benzene rings is 1. The van der Waals surface area contributed by atoms with Crippen molar-refractivity contribution in [2.24, 2.45) is 5.92 Å². The molecule has 2 aliphatic heterocycles. The molecule has 2 aliphatic rings. The highest BCUT2D eigenvalue weighted by atomic mass is 16.5. The average Bonchev–Trinajstić information content (AvgIpc) is 2.75. The van der Waals surface area contributed by atoms with E-state index in [0.717, 1.165) is 25.4 Å². The van der Waals surface area contributed by atoms with E-state index < -0.39 is 0 Å². The number of rotatable bonds is 4. The van der Waals surface area contributed by atoms with Crippen LogP contribution in [0.3, 0.4) is 0 Å². The molecule has 0 amide bonds. The van der Waals surface area contributed by atoms with Gasteiger partial charge in [0.2, 0.25) is 0 Å². The fourth-order valence-electron chi connectivity index (χ4n) is 2.78. The van der Waals surface area contributed by atoms with Gasteiger partial charge in [0.1, 0.15) is 5.75 Å². The van der Waals surface area contributed by atoms with E-state index in [1.165, 1.54) is 24.2 Å². The van der Waals surface area contributed by atoms with E-state index in [9.17, 15) is 0 Å². The second-order valence-corrected chi connectivity index (χ2v) is 5.72. The number of hydrogen-bond acceptors (Lipinski definition) is 3. The van der Waals surface area contributed by atoms with Crippen LogP contribution in [0, 0.1) is 5.92 Å². The van der Waals surface area contributed by atoms with Crippen LogP contribution in [0.5, 0.6) is 5.75 Å². The molecule has 1 fully saturated rings. The fraction of sp³-hybridized carbons (Fsp3) is 0.600. The molecular weight excluding hydrogens is 224 g/mol. The summed E-state index contributed by atoms with van der Waals surface area (Å²) >= 11 is 0. The van der Waals surface area contributed by atoms with Gasteiger partial charge in [0, 0.05) is 43.7 Å². The highest BCUT2D eigenvalue weighted by molar-refractivity contribution is 5.42. The zero-order valence-electron chi connectivity index (χ0n) is 11.3. The molecule has 0 radical (unpaired) electrons. The van der Waals surface area contributed by atoms with Gasteiger partial charge < -0.3 is 15.0 Å². The molecule has 98 valence electrons. The Kier molecular flexibility index (Phi) is 3.27. The van der Waals surface area contributed by atoms with Gasteiger partial charge in [0.15, 0.2) is 0 Å². The molecule has 18 heavy (non-hydrogen) atoms. The first-order chi connectivity index (χ1) is 8.74. The van der Waals surface area contributed by atoms with E-state index in [-0.39, 0.29) is 0 Å². The summed E-state index contributed by atoms with van der Waals surface area (Å²) in [6.07, 6.45) is 0. The summed E-state index contributed by atoms with van der Waals surface area (Å²) in [4.78, 5) is 2.49. The molecule has 3 rings (SSSR count). The molecule has 1 aromatic carbocycles. The van der Waals surface area contributed by atoms with Gasteiger partial charge in [-0.1, -0.05) is 12.1 Å². The predicted molar refractivity (Wildman–Crippen MR) is 72.7 cm³/mol. The van der Waals surface area contributed by atoms with E-state index in [1.807, 2.05) is 0 Å². The summed E-state index contributed by atoms with van der Waals surface area (Å²) in [5.74, 6) is 1.79. The van der Waals surface area contributed by atoms with Crippen LogP contribution in [0.2, 0.25) is 0 Å². The Balaban J connectivity index is 1.54. The molecule has 0 bridgehead atoms. The largest absolute Gasteiger partial charge is 0.493 e. The second-order valence-electron chi connectivity index (χ2n) is 5.72. The molecule has 2 heterocycles. The minimum Gasteiger partial charge on any atom is -0.493 e. The summed E-state index contributed by atoms with van der Waals surface area (Å²) in [5.41, 5.74) is 2.75. The third-order valence-electron chi connectivity index (χ3n) is 4.04. The first-order valence-corrected chi connectivity index (χ1v) is 6.92. The van der Waals surface area contributed by atoms with Gasteiger partial charge in [-0.3, -0.25) is 0 Å². The van der Waals surface area contributed by atoms with Gasteiger partial charge in [-0.2, -0.15) is 0 Å². The number of likely N-dealkylation sites (tertiary alicyclic amines) is 1. The summed E-state index contributed by atoms with van der Waals surface area (Å²) < 4.78 is 6.01. The molecule has 3 heteroatoms. The van der Waals surface area contributed by atoms with Crippen LogP contribution in [-0.4, -0.2) is 30.6 Å². The van der Waals surface area contributed by atoms with Crippen molar-refractivity contribution in [3.8, 4) is 5.75 Å². The Bertz CT molecular complexity index is 425. The highest BCUT2D eigenvalue weighted by Gasteiger charge is 2.29. The first kappa shape index (κ1) is 12.0. The van der Waals surface area contributed by atoms with Crippen molar-refractivity contribution in [1.82, 2.24) is 10.2 Å². The molecule has 0 spiro atoms. The standard InChI is InChI=1S/C15H22N2O/c1-11(2)17-8-12(9-17)10-18-15-5-3-4-13-6-16-7-14(13)15/h3-5,11-12,16H,6-10H2,1-2H3. The fourth-order valence-corrected chi connectivity index (χ4v) is 2.78. The van der Waals surface area contributed by atoms with Crippen LogP contribution < -0.4 is 10.1 Å². The normalized spacial score (nSPS) is 19.9. The smallest absolute Gasteiger partial charge is 0.124 e. The van der Waals surface area contributed by atoms with Crippen molar-refractivity contribution >= 4 is 0 Å². The van der Waals surface area contributed by atoms with Crippen LogP contribution in [0.15, 0.2) is 18.2 Å². The van der Waals surface area contributed by atoms with Gasteiger partial charge in [0.25, 0.3) is 0 Å². The topological polar surface area (TPSA) is 24.5 Å². The Morgan fingerprint density at radius 3 is 2.94 bits per heavy atom. The van der Waals surface area contributed by atoms with Crippen LogP contribution >= 0.6 is 0 Å². The number of nitrogens with zero attached hydrogens (tertiary/aromatic N) is 1. The minimum atomic E-state index is 0.673. The molecule has 0 aliphatic carbocycles. The van der Waals surface area contributed by atoms with E-state index in [4.69, 9.17) is 4.74 Å². The maximum atomic E-state index is 6.01. The molecular formula is C15H22N2O. The molecule has 1 aromatic rings. The number of fused-ring (bicyclic) bond motifs is 1. The van der Waals surface area contributed by atoms with Crippen molar-refractivity contribution in [1.29, 1.82) is 0 Å². The van der Waals surface area contributed by atoms with Crippen LogP contribution in [0.1, 0.15) is 25.0 Å². The molecule has 1 saturated heterocycles. The molecule has 3 nitrogen and oxygen atoms in total. The summed E-state index contributed by atoms with van der Waals surface area (Å²) in [6.45, 7) is 9.68. The van der Waals surface area contributed by atoms with E-state index >= 15 is 0 Å². The second kappa shape index (κ2) is 4.90. The van der Waals surface area contributed by atoms with Crippen molar-refractivity contribution in [3.05, 3.63) is 29.3 Å². The summed E-state index contributed by atoms with van der Waals surface area (Å²) in [6, 6.07) is 7.06. The van der Waals surface area contributed by atoms with Crippen molar-refractivity contribution in [2.75, 3.05) is 19.7 Å². The summed E-state index contributed by atoms with van der Waals surface area (Å²) in [5, 5.41) is 3.38. The molecule has 0 aromatic heterocycles. The Hall–Kier alpha value is -1.06. The lowest BCUT2D eigenvalue weighted by molar-refractivity contribution is 0.0373.